The fraction of sp³-hybridized carbons (Fsp3) is 0. The summed E-state index contributed by atoms with van der Waals surface area (Å²) in [6.45, 7) is 0. The minimum Gasteiger partial charge on any atom is -0.308 e. The molecule has 0 saturated heterocycles. The first kappa shape index (κ1) is 19.7. The summed E-state index contributed by atoms with van der Waals surface area (Å²) in [5, 5.41) is 15.8. The maximum atomic E-state index is 2.49. The lowest BCUT2D eigenvalue weighted by atomic mass is 9.97. The molecule has 0 atom stereocenters. The molecule has 40 heavy (non-hydrogen) atoms. The van der Waals surface area contributed by atoms with Gasteiger partial charge in [0.25, 0.3) is 0 Å². The second-order valence-corrected chi connectivity index (χ2v) is 11.4. The Bertz CT molecular complexity index is 2860. The van der Waals surface area contributed by atoms with Crippen molar-refractivity contribution in [2.24, 2.45) is 0 Å². The van der Waals surface area contributed by atoms with Crippen LogP contribution in [0.15, 0.2) is 121 Å². The normalized spacial score (nSPS) is 13.0. The van der Waals surface area contributed by atoms with Crippen molar-refractivity contribution >= 4 is 97.7 Å². The predicted octanol–water partition coefficient (Wildman–Crippen LogP) is 10.3. The van der Waals surface area contributed by atoms with Crippen molar-refractivity contribution in [3.63, 3.8) is 0 Å². The molecule has 0 unspecified atom stereocenters. The summed E-state index contributed by atoms with van der Waals surface area (Å²) >= 11 is 0. The van der Waals surface area contributed by atoms with E-state index in [1.165, 1.54) is 97.7 Å². The summed E-state index contributed by atoms with van der Waals surface area (Å²) < 4.78 is 4.96. The zero-order chi connectivity index (χ0) is 25.7. The molecule has 4 heterocycles. The topological polar surface area (TPSA) is 8.82 Å². The van der Waals surface area contributed by atoms with Gasteiger partial charge in [-0.1, -0.05) is 84.9 Å². The van der Waals surface area contributed by atoms with Gasteiger partial charge in [0.05, 0.1) is 33.1 Å². The Morgan fingerprint density at radius 1 is 0.275 bits per heavy atom. The van der Waals surface area contributed by atoms with E-state index in [1.54, 1.807) is 0 Å². The van der Waals surface area contributed by atoms with E-state index in [1.807, 2.05) is 0 Å². The molecule has 11 aromatic rings. The van der Waals surface area contributed by atoms with Gasteiger partial charge < -0.3 is 8.80 Å². The van der Waals surface area contributed by atoms with E-state index in [-0.39, 0.29) is 0 Å². The van der Waals surface area contributed by atoms with Crippen molar-refractivity contribution in [3.8, 4) is 0 Å². The molecule has 0 aliphatic heterocycles. The molecule has 11 rings (SSSR count). The summed E-state index contributed by atoms with van der Waals surface area (Å²) in [5.41, 5.74) is 7.79. The van der Waals surface area contributed by atoms with E-state index in [4.69, 9.17) is 0 Å². The van der Waals surface area contributed by atoms with Crippen LogP contribution in [0.1, 0.15) is 0 Å². The maximum Gasteiger partial charge on any atom is 0.0620 e. The third-order valence-electron chi connectivity index (χ3n) is 9.52. The highest BCUT2D eigenvalue weighted by Crippen LogP contribution is 2.43. The Balaban J connectivity index is 1.35. The summed E-state index contributed by atoms with van der Waals surface area (Å²) in [4.78, 5) is 0. The number of hydrogen-bond donors (Lipinski definition) is 0. The Morgan fingerprint density at radius 3 is 1.35 bits per heavy atom. The summed E-state index contributed by atoms with van der Waals surface area (Å²) in [7, 11) is 0. The van der Waals surface area contributed by atoms with Crippen molar-refractivity contribution < 1.29 is 0 Å². The second kappa shape index (κ2) is 6.44. The van der Waals surface area contributed by atoms with Crippen LogP contribution in [0, 0.1) is 0 Å². The third kappa shape index (κ3) is 2.07. The molecular formula is C38H20N2. The molecule has 0 saturated carbocycles. The molecule has 0 amide bonds. The van der Waals surface area contributed by atoms with Crippen LogP contribution in [0.3, 0.4) is 0 Å². The highest BCUT2D eigenvalue weighted by atomic mass is 14.9. The van der Waals surface area contributed by atoms with Gasteiger partial charge in [-0.25, -0.2) is 0 Å². The van der Waals surface area contributed by atoms with Crippen LogP contribution in [0.25, 0.3) is 97.7 Å². The molecular weight excluding hydrogens is 484 g/mol. The SMILES string of the molecule is c1ccc2c(c1)c1cccc3c4cc5c(ccc6cc7c8cccc9c%10ccccc%10n(c7cc65)c98)cc4n2c13. The van der Waals surface area contributed by atoms with Crippen molar-refractivity contribution in [3.05, 3.63) is 121 Å². The van der Waals surface area contributed by atoms with Crippen LogP contribution in [-0.4, -0.2) is 8.80 Å². The van der Waals surface area contributed by atoms with Crippen molar-refractivity contribution in [2.45, 2.75) is 0 Å². The number of rotatable bonds is 0. The fourth-order valence-corrected chi connectivity index (χ4v) is 7.91. The molecule has 0 aliphatic rings. The van der Waals surface area contributed by atoms with Gasteiger partial charge in [-0.3, -0.25) is 0 Å². The van der Waals surface area contributed by atoms with Gasteiger partial charge in [-0.2, -0.15) is 0 Å². The van der Waals surface area contributed by atoms with Crippen molar-refractivity contribution in [2.75, 3.05) is 0 Å². The minimum absolute atomic E-state index is 1.28. The molecule has 0 spiro atoms. The second-order valence-electron chi connectivity index (χ2n) is 11.4. The molecule has 7 aromatic carbocycles. The highest BCUT2D eigenvalue weighted by molar-refractivity contribution is 6.28. The molecule has 0 aliphatic carbocycles. The first-order chi connectivity index (χ1) is 19.8. The highest BCUT2D eigenvalue weighted by Gasteiger charge is 2.20. The van der Waals surface area contributed by atoms with E-state index in [0.717, 1.165) is 0 Å². The number of aromatic nitrogens is 2. The molecule has 0 fully saturated rings. The molecule has 2 nitrogen and oxygen atoms in total. The standard InChI is InChI=1S/C38H20N2/c1-3-13-33-23(7-1)26-10-6-12-28-32-19-29-22(18-35(32)39(33)38(26)28)16-15-21-17-31-27-11-5-9-25-24-8-2-4-14-34(24)40(37(25)27)36(31)20-30(21)29/h1-20H. The zero-order valence-electron chi connectivity index (χ0n) is 21.4. The Hall–Kier alpha value is -5.34. The van der Waals surface area contributed by atoms with Gasteiger partial charge >= 0.3 is 0 Å². The first-order valence-corrected chi connectivity index (χ1v) is 14.0. The quantitative estimate of drug-likeness (QED) is 0.182. The number of fused-ring (bicyclic) bond motifs is 15. The molecule has 0 bridgehead atoms. The summed E-state index contributed by atoms with van der Waals surface area (Å²) in [6, 6.07) is 45.4. The van der Waals surface area contributed by atoms with Gasteiger partial charge in [0.1, 0.15) is 0 Å². The van der Waals surface area contributed by atoms with Crippen molar-refractivity contribution in [1.82, 2.24) is 8.80 Å². The molecule has 0 N–H and O–H groups in total. The van der Waals surface area contributed by atoms with Gasteiger partial charge in [0.15, 0.2) is 0 Å². The Morgan fingerprint density at radius 2 is 0.725 bits per heavy atom. The predicted molar refractivity (Wildman–Crippen MR) is 171 cm³/mol. The van der Waals surface area contributed by atoms with Gasteiger partial charge in [0.2, 0.25) is 0 Å². The average molecular weight is 505 g/mol. The van der Waals surface area contributed by atoms with Crippen LogP contribution < -0.4 is 0 Å². The van der Waals surface area contributed by atoms with Gasteiger partial charge in [-0.05, 0) is 57.9 Å². The van der Waals surface area contributed by atoms with Crippen LogP contribution in [0.4, 0.5) is 0 Å². The average Bonchev–Trinajstić information content (AvgIpc) is 3.72. The summed E-state index contributed by atoms with van der Waals surface area (Å²) in [6.07, 6.45) is 0. The van der Waals surface area contributed by atoms with Crippen LogP contribution in [-0.2, 0) is 0 Å². The van der Waals surface area contributed by atoms with Crippen LogP contribution in [0.5, 0.6) is 0 Å². The van der Waals surface area contributed by atoms with Gasteiger partial charge in [-0.15, -0.1) is 0 Å². The van der Waals surface area contributed by atoms with E-state index in [2.05, 4.69) is 130 Å². The lowest BCUT2D eigenvalue weighted by molar-refractivity contribution is 1.37. The number of nitrogens with zero attached hydrogens (tertiary/aromatic N) is 2. The van der Waals surface area contributed by atoms with E-state index in [0.29, 0.717) is 0 Å². The molecule has 2 heteroatoms. The fourth-order valence-electron chi connectivity index (χ4n) is 7.91. The summed E-state index contributed by atoms with van der Waals surface area (Å²) in [5.74, 6) is 0. The van der Waals surface area contributed by atoms with E-state index >= 15 is 0 Å². The van der Waals surface area contributed by atoms with Crippen LogP contribution >= 0.6 is 0 Å². The zero-order valence-corrected chi connectivity index (χ0v) is 21.4. The minimum atomic E-state index is 1.28. The lowest BCUT2D eigenvalue weighted by Gasteiger charge is -2.07. The number of para-hydroxylation sites is 4. The van der Waals surface area contributed by atoms with Gasteiger partial charge in [0, 0.05) is 43.1 Å². The Labute approximate surface area is 227 Å². The molecule has 182 valence electrons. The smallest absolute Gasteiger partial charge is 0.0620 e. The first-order valence-electron chi connectivity index (χ1n) is 14.0. The largest absolute Gasteiger partial charge is 0.308 e. The van der Waals surface area contributed by atoms with Crippen molar-refractivity contribution in [1.29, 1.82) is 0 Å². The Kier molecular flexibility index (Phi) is 3.17. The number of benzene rings is 7. The molecule has 0 radical (unpaired) electrons. The third-order valence-corrected chi connectivity index (χ3v) is 9.52. The maximum absolute atomic E-state index is 2.49. The lowest BCUT2D eigenvalue weighted by Crippen LogP contribution is -1.84. The molecule has 4 aromatic heterocycles. The van der Waals surface area contributed by atoms with E-state index in [9.17, 15) is 0 Å². The van der Waals surface area contributed by atoms with Crippen LogP contribution in [0.2, 0.25) is 0 Å². The van der Waals surface area contributed by atoms with E-state index < -0.39 is 0 Å². The monoisotopic (exact) mass is 504 g/mol. The number of hydrogen-bond acceptors (Lipinski definition) is 0.